The number of aryl methyl sites for hydroxylation is 1. The third kappa shape index (κ3) is 3.75. The number of anilines is 2. The molecule has 0 atom stereocenters. The van der Waals surface area contributed by atoms with Gasteiger partial charge in [0.1, 0.15) is 11.6 Å². The lowest BCUT2D eigenvalue weighted by Crippen LogP contribution is -2.13. The number of amides is 1. The highest BCUT2D eigenvalue weighted by atomic mass is 35.5. The number of benzene rings is 1. The van der Waals surface area contributed by atoms with Crippen molar-refractivity contribution in [3.63, 3.8) is 0 Å². The third-order valence-corrected chi connectivity index (χ3v) is 4.11. The second-order valence-electron chi connectivity index (χ2n) is 5.63. The molecule has 0 spiro atoms. The van der Waals surface area contributed by atoms with E-state index in [4.69, 9.17) is 22.1 Å². The summed E-state index contributed by atoms with van der Waals surface area (Å²) in [6, 6.07) is 11.9. The summed E-state index contributed by atoms with van der Waals surface area (Å²) in [6.45, 7) is 1.94. The van der Waals surface area contributed by atoms with Crippen molar-refractivity contribution in [1.29, 1.82) is 0 Å². The van der Waals surface area contributed by atoms with Gasteiger partial charge in [-0.1, -0.05) is 11.6 Å². The molecule has 0 fully saturated rings. The normalized spacial score (nSPS) is 10.4. The fourth-order valence-corrected chi connectivity index (χ4v) is 2.61. The molecule has 6 nitrogen and oxygen atoms in total. The van der Waals surface area contributed by atoms with Crippen LogP contribution in [0.25, 0.3) is 11.1 Å². The molecule has 2 aromatic heterocycles. The van der Waals surface area contributed by atoms with Crippen molar-refractivity contribution < 1.29 is 9.53 Å². The molecule has 1 amide bonds. The van der Waals surface area contributed by atoms with Crippen molar-refractivity contribution in [2.24, 2.45) is 0 Å². The number of carbonyl (C=O) groups excluding carboxylic acids is 1. The van der Waals surface area contributed by atoms with E-state index in [1.165, 1.54) is 0 Å². The fraction of sp³-hybridized carbons (Fsp3) is 0.105. The monoisotopic (exact) mass is 368 g/mol. The van der Waals surface area contributed by atoms with Crippen LogP contribution < -0.4 is 15.8 Å². The molecule has 0 saturated heterocycles. The first kappa shape index (κ1) is 17.7. The van der Waals surface area contributed by atoms with Gasteiger partial charge < -0.3 is 15.8 Å². The molecular weight excluding hydrogens is 352 g/mol. The first-order valence-corrected chi connectivity index (χ1v) is 8.20. The standard InChI is InChI=1S/C19H17ClN4O2/c1-11-9-17(26-2)22-10-15(11)14-7-8-16(23-18(14)21)24-19(25)12-3-5-13(20)6-4-12/h3-10H,1-2H3,(H3,21,23,24,25). The average Bonchev–Trinajstić information content (AvgIpc) is 2.63. The van der Waals surface area contributed by atoms with E-state index in [0.717, 1.165) is 16.7 Å². The van der Waals surface area contributed by atoms with Crippen molar-refractivity contribution in [1.82, 2.24) is 9.97 Å². The number of carbonyl (C=O) groups is 1. The lowest BCUT2D eigenvalue weighted by molar-refractivity contribution is 0.102. The number of aromatic nitrogens is 2. The van der Waals surface area contributed by atoms with Gasteiger partial charge in [0.25, 0.3) is 5.91 Å². The zero-order chi connectivity index (χ0) is 18.7. The SMILES string of the molecule is COc1cc(C)c(-c2ccc(NC(=O)c3ccc(Cl)cc3)nc2N)cn1. The molecule has 0 unspecified atom stereocenters. The summed E-state index contributed by atoms with van der Waals surface area (Å²) >= 11 is 5.83. The predicted molar refractivity (Wildman–Crippen MR) is 103 cm³/mol. The number of nitrogens with two attached hydrogens (primary N) is 1. The maximum absolute atomic E-state index is 12.3. The third-order valence-electron chi connectivity index (χ3n) is 3.86. The number of hydrogen-bond acceptors (Lipinski definition) is 5. The van der Waals surface area contributed by atoms with E-state index in [-0.39, 0.29) is 5.91 Å². The fourth-order valence-electron chi connectivity index (χ4n) is 2.49. The first-order chi connectivity index (χ1) is 12.5. The smallest absolute Gasteiger partial charge is 0.256 e. The number of nitrogens with zero attached hydrogens (tertiary/aromatic N) is 2. The van der Waals surface area contributed by atoms with Crippen LogP contribution in [0, 0.1) is 6.92 Å². The number of nitrogens with one attached hydrogen (secondary N) is 1. The Morgan fingerprint density at radius 1 is 1.15 bits per heavy atom. The van der Waals surface area contributed by atoms with Crippen LogP contribution in [-0.2, 0) is 0 Å². The molecule has 3 N–H and O–H groups in total. The summed E-state index contributed by atoms with van der Waals surface area (Å²) in [4.78, 5) is 20.7. The lowest BCUT2D eigenvalue weighted by Gasteiger charge is -2.11. The van der Waals surface area contributed by atoms with Gasteiger partial charge in [0, 0.05) is 34.0 Å². The van der Waals surface area contributed by atoms with Gasteiger partial charge in [0.2, 0.25) is 5.88 Å². The van der Waals surface area contributed by atoms with Gasteiger partial charge in [0.15, 0.2) is 0 Å². The Labute approximate surface area is 156 Å². The van der Waals surface area contributed by atoms with Crippen LogP contribution >= 0.6 is 11.6 Å². The minimum absolute atomic E-state index is 0.288. The van der Waals surface area contributed by atoms with Crippen LogP contribution in [0.3, 0.4) is 0 Å². The molecule has 7 heteroatoms. The molecule has 1 aromatic carbocycles. The summed E-state index contributed by atoms with van der Waals surface area (Å²) in [5, 5.41) is 3.29. The summed E-state index contributed by atoms with van der Waals surface area (Å²) in [6.07, 6.45) is 1.69. The molecule has 0 saturated carbocycles. The number of methoxy groups -OCH3 is 1. The maximum Gasteiger partial charge on any atom is 0.256 e. The molecule has 0 bridgehead atoms. The van der Waals surface area contributed by atoms with Gasteiger partial charge in [0.05, 0.1) is 7.11 Å². The van der Waals surface area contributed by atoms with Crippen LogP contribution in [0.4, 0.5) is 11.6 Å². The van der Waals surface area contributed by atoms with Crippen molar-refractivity contribution in [2.75, 3.05) is 18.2 Å². The molecule has 0 aliphatic heterocycles. The van der Waals surface area contributed by atoms with E-state index < -0.39 is 0 Å². The number of hydrogen-bond donors (Lipinski definition) is 2. The van der Waals surface area contributed by atoms with Crippen LogP contribution in [0.15, 0.2) is 48.7 Å². The van der Waals surface area contributed by atoms with Gasteiger partial charge in [-0.05, 0) is 48.9 Å². The Kier molecular flexibility index (Phi) is 5.04. The van der Waals surface area contributed by atoms with Crippen LogP contribution in [0.2, 0.25) is 5.02 Å². The molecule has 3 aromatic rings. The zero-order valence-electron chi connectivity index (χ0n) is 14.3. The molecule has 132 valence electrons. The Bertz CT molecular complexity index is 958. The second kappa shape index (κ2) is 7.41. The molecule has 0 aliphatic carbocycles. The van der Waals surface area contributed by atoms with Gasteiger partial charge >= 0.3 is 0 Å². The van der Waals surface area contributed by atoms with Crippen LogP contribution in [-0.4, -0.2) is 23.0 Å². The van der Waals surface area contributed by atoms with E-state index in [0.29, 0.717) is 28.1 Å². The average molecular weight is 369 g/mol. The van der Waals surface area contributed by atoms with E-state index in [2.05, 4.69) is 15.3 Å². The van der Waals surface area contributed by atoms with Crippen LogP contribution in [0.1, 0.15) is 15.9 Å². The van der Waals surface area contributed by atoms with Crippen molar-refractivity contribution in [3.05, 3.63) is 64.8 Å². The number of ether oxygens (including phenoxy) is 1. The highest BCUT2D eigenvalue weighted by Crippen LogP contribution is 2.29. The molecule has 3 rings (SSSR count). The summed E-state index contributed by atoms with van der Waals surface area (Å²) in [7, 11) is 1.57. The van der Waals surface area contributed by atoms with E-state index in [9.17, 15) is 4.79 Å². The summed E-state index contributed by atoms with van der Waals surface area (Å²) < 4.78 is 5.11. The lowest BCUT2D eigenvalue weighted by atomic mass is 10.0. The molecule has 26 heavy (non-hydrogen) atoms. The molecule has 2 heterocycles. The number of halogens is 1. The van der Waals surface area contributed by atoms with E-state index >= 15 is 0 Å². The van der Waals surface area contributed by atoms with Gasteiger partial charge in [-0.25, -0.2) is 9.97 Å². The second-order valence-corrected chi connectivity index (χ2v) is 6.07. The Morgan fingerprint density at radius 3 is 2.50 bits per heavy atom. The Morgan fingerprint density at radius 2 is 1.88 bits per heavy atom. The maximum atomic E-state index is 12.3. The number of pyridine rings is 2. The highest BCUT2D eigenvalue weighted by molar-refractivity contribution is 6.30. The quantitative estimate of drug-likeness (QED) is 0.727. The van der Waals surface area contributed by atoms with Gasteiger partial charge in [-0.2, -0.15) is 0 Å². The predicted octanol–water partition coefficient (Wildman–Crippen LogP) is 3.95. The molecule has 0 radical (unpaired) electrons. The number of nitrogen functional groups attached to an aromatic ring is 1. The van der Waals surface area contributed by atoms with E-state index in [1.54, 1.807) is 49.7 Å². The van der Waals surface area contributed by atoms with E-state index in [1.807, 2.05) is 13.0 Å². The Hall–Kier alpha value is -3.12. The van der Waals surface area contributed by atoms with Crippen molar-refractivity contribution >= 4 is 29.1 Å². The van der Waals surface area contributed by atoms with Crippen molar-refractivity contribution in [2.45, 2.75) is 6.92 Å². The molecular formula is C19H17ClN4O2. The van der Waals surface area contributed by atoms with Crippen molar-refractivity contribution in [3.8, 4) is 17.0 Å². The minimum atomic E-state index is -0.288. The minimum Gasteiger partial charge on any atom is -0.481 e. The highest BCUT2D eigenvalue weighted by Gasteiger charge is 2.12. The molecule has 0 aliphatic rings. The topological polar surface area (TPSA) is 90.1 Å². The first-order valence-electron chi connectivity index (χ1n) is 7.82. The Balaban J connectivity index is 1.83. The van der Waals surface area contributed by atoms with Crippen LogP contribution in [0.5, 0.6) is 5.88 Å². The zero-order valence-corrected chi connectivity index (χ0v) is 15.0. The summed E-state index contributed by atoms with van der Waals surface area (Å²) in [5.41, 5.74) is 9.12. The van der Waals surface area contributed by atoms with Gasteiger partial charge in [-0.3, -0.25) is 4.79 Å². The number of rotatable bonds is 4. The largest absolute Gasteiger partial charge is 0.481 e. The summed E-state index contributed by atoms with van der Waals surface area (Å²) in [5.74, 6) is 0.910. The van der Waals surface area contributed by atoms with Gasteiger partial charge in [-0.15, -0.1) is 0 Å².